The van der Waals surface area contributed by atoms with Gasteiger partial charge in [0.25, 0.3) is 5.91 Å². The molecule has 2 heterocycles. The maximum atomic E-state index is 12.6. The van der Waals surface area contributed by atoms with Crippen LogP contribution in [0.5, 0.6) is 5.75 Å². The molecule has 5 nitrogen and oxygen atoms in total. The summed E-state index contributed by atoms with van der Waals surface area (Å²) < 4.78 is 11.2. The van der Waals surface area contributed by atoms with Gasteiger partial charge in [-0.3, -0.25) is 4.79 Å². The lowest BCUT2D eigenvalue weighted by Gasteiger charge is -2.16. The highest BCUT2D eigenvalue weighted by Gasteiger charge is 2.25. The van der Waals surface area contributed by atoms with Crippen molar-refractivity contribution in [2.24, 2.45) is 0 Å². The summed E-state index contributed by atoms with van der Waals surface area (Å²) >= 11 is 1.36. The first-order chi connectivity index (χ1) is 13.9. The number of rotatable bonds is 4. The fourth-order valence-electron chi connectivity index (χ4n) is 3.18. The second kappa shape index (κ2) is 7.72. The van der Waals surface area contributed by atoms with E-state index in [-0.39, 0.29) is 5.91 Å². The van der Waals surface area contributed by atoms with Gasteiger partial charge in [-0.15, -0.1) is 11.3 Å². The van der Waals surface area contributed by atoms with Crippen molar-refractivity contribution in [2.45, 2.75) is 33.5 Å². The van der Waals surface area contributed by atoms with Crippen molar-refractivity contribution < 1.29 is 19.1 Å². The zero-order valence-corrected chi connectivity index (χ0v) is 17.3. The Morgan fingerprint density at radius 2 is 1.93 bits per heavy atom. The molecule has 1 atom stereocenters. The van der Waals surface area contributed by atoms with Gasteiger partial charge in [-0.05, 0) is 56.2 Å². The molecule has 29 heavy (non-hydrogen) atoms. The van der Waals surface area contributed by atoms with Gasteiger partial charge in [-0.25, -0.2) is 4.79 Å². The summed E-state index contributed by atoms with van der Waals surface area (Å²) in [4.78, 5) is 26.6. The second-order valence-electron chi connectivity index (χ2n) is 7.11. The number of ether oxygens (including phenoxy) is 2. The third-order valence-electron chi connectivity index (χ3n) is 4.83. The molecule has 1 aliphatic rings. The Morgan fingerprint density at radius 1 is 1.14 bits per heavy atom. The van der Waals surface area contributed by atoms with Crippen LogP contribution in [0, 0.1) is 13.8 Å². The van der Waals surface area contributed by atoms with E-state index in [0.29, 0.717) is 11.5 Å². The van der Waals surface area contributed by atoms with E-state index in [1.165, 1.54) is 11.3 Å². The van der Waals surface area contributed by atoms with Crippen LogP contribution in [0.15, 0.2) is 48.5 Å². The Labute approximate surface area is 173 Å². The number of nitrogens with one attached hydrogen (secondary N) is 1. The number of aryl methyl sites for hydroxylation is 2. The number of fused-ring (bicyclic) bond motifs is 3. The lowest BCUT2D eigenvalue weighted by atomic mass is 10.1. The van der Waals surface area contributed by atoms with Gasteiger partial charge in [0.15, 0.2) is 6.10 Å². The fourth-order valence-corrected chi connectivity index (χ4v) is 4.26. The molecule has 0 fully saturated rings. The normalized spacial score (nSPS) is 12.9. The minimum Gasteiger partial charge on any atom is -0.488 e. The SMILES string of the molecule is Cc1ccc(C)c(NC(=O)[C@H](C)OC(=O)c2cc3c(s2)-c2ccccc2OC3)c1. The van der Waals surface area contributed by atoms with Crippen LogP contribution in [-0.2, 0) is 16.1 Å². The van der Waals surface area contributed by atoms with E-state index in [1.807, 2.05) is 56.3 Å². The zero-order chi connectivity index (χ0) is 20.5. The van der Waals surface area contributed by atoms with E-state index in [1.54, 1.807) is 13.0 Å². The molecule has 0 spiro atoms. The average molecular weight is 407 g/mol. The molecule has 0 unspecified atom stereocenters. The molecule has 1 aliphatic heterocycles. The molecular weight excluding hydrogens is 386 g/mol. The van der Waals surface area contributed by atoms with E-state index in [9.17, 15) is 9.59 Å². The molecule has 0 radical (unpaired) electrons. The lowest BCUT2D eigenvalue weighted by Crippen LogP contribution is -2.30. The molecule has 148 valence electrons. The summed E-state index contributed by atoms with van der Waals surface area (Å²) in [5, 5.41) is 2.84. The molecular formula is C23H21NO4S. The highest BCUT2D eigenvalue weighted by molar-refractivity contribution is 7.17. The number of carbonyl (C=O) groups excluding carboxylic acids is 2. The van der Waals surface area contributed by atoms with Crippen molar-refractivity contribution in [3.05, 3.63) is 70.1 Å². The third kappa shape index (κ3) is 3.89. The summed E-state index contributed by atoms with van der Waals surface area (Å²) in [6, 6.07) is 15.3. The van der Waals surface area contributed by atoms with Crippen molar-refractivity contribution in [3.63, 3.8) is 0 Å². The Morgan fingerprint density at radius 3 is 2.76 bits per heavy atom. The molecule has 3 aromatic rings. The van der Waals surface area contributed by atoms with Gasteiger partial charge in [0.2, 0.25) is 0 Å². The Balaban J connectivity index is 1.47. The summed E-state index contributed by atoms with van der Waals surface area (Å²) in [5.41, 5.74) is 4.64. The number of hydrogen-bond donors (Lipinski definition) is 1. The fraction of sp³-hybridized carbons (Fsp3) is 0.217. The van der Waals surface area contributed by atoms with Crippen LogP contribution in [0.4, 0.5) is 5.69 Å². The first-order valence-corrected chi connectivity index (χ1v) is 10.2. The van der Waals surface area contributed by atoms with Crippen LogP contribution in [0.1, 0.15) is 33.3 Å². The summed E-state index contributed by atoms with van der Waals surface area (Å²) in [6.45, 7) is 5.86. The number of para-hydroxylation sites is 1. The number of esters is 1. The molecule has 0 aliphatic carbocycles. The van der Waals surface area contributed by atoms with Gasteiger partial charge >= 0.3 is 5.97 Å². The number of hydrogen-bond acceptors (Lipinski definition) is 5. The van der Waals surface area contributed by atoms with Gasteiger partial charge in [0.05, 0.1) is 0 Å². The minimum atomic E-state index is -0.912. The second-order valence-corrected chi connectivity index (χ2v) is 8.16. The first-order valence-electron chi connectivity index (χ1n) is 9.36. The van der Waals surface area contributed by atoms with Crippen LogP contribution in [-0.4, -0.2) is 18.0 Å². The van der Waals surface area contributed by atoms with E-state index in [2.05, 4.69) is 5.32 Å². The Hall–Kier alpha value is -3.12. The van der Waals surface area contributed by atoms with Gasteiger partial charge < -0.3 is 14.8 Å². The van der Waals surface area contributed by atoms with Crippen LogP contribution in [0.25, 0.3) is 10.4 Å². The average Bonchev–Trinajstić information content (AvgIpc) is 3.15. The minimum absolute atomic E-state index is 0.359. The van der Waals surface area contributed by atoms with Crippen LogP contribution in [0.3, 0.4) is 0 Å². The smallest absolute Gasteiger partial charge is 0.349 e. The lowest BCUT2D eigenvalue weighted by molar-refractivity contribution is -0.123. The topological polar surface area (TPSA) is 64.6 Å². The quantitative estimate of drug-likeness (QED) is 0.611. The number of amides is 1. The molecule has 0 saturated heterocycles. The third-order valence-corrected chi connectivity index (χ3v) is 6.02. The van der Waals surface area contributed by atoms with Gasteiger partial charge in [0, 0.05) is 21.7 Å². The molecule has 1 amide bonds. The number of anilines is 1. The maximum absolute atomic E-state index is 12.6. The maximum Gasteiger partial charge on any atom is 0.349 e. The van der Waals surface area contributed by atoms with E-state index in [4.69, 9.17) is 9.47 Å². The Bertz CT molecular complexity index is 1100. The van der Waals surface area contributed by atoms with E-state index < -0.39 is 12.1 Å². The van der Waals surface area contributed by atoms with Crippen molar-refractivity contribution in [1.82, 2.24) is 0 Å². The first kappa shape index (κ1) is 19.2. The van der Waals surface area contributed by atoms with E-state index >= 15 is 0 Å². The van der Waals surface area contributed by atoms with Crippen molar-refractivity contribution in [1.29, 1.82) is 0 Å². The summed E-state index contributed by atoms with van der Waals surface area (Å²) in [5.74, 6) is -0.0596. The highest BCUT2D eigenvalue weighted by atomic mass is 32.1. The molecule has 2 aromatic carbocycles. The van der Waals surface area contributed by atoms with E-state index in [0.717, 1.165) is 38.6 Å². The number of benzene rings is 2. The van der Waals surface area contributed by atoms with Crippen LogP contribution in [0.2, 0.25) is 0 Å². The standard InChI is InChI=1S/C23H21NO4S/c1-13-8-9-14(2)18(10-13)24-22(25)15(3)28-23(26)20-11-16-12-27-19-7-5-4-6-17(19)21(16)29-20/h4-11,15H,12H2,1-3H3,(H,24,25)/t15-/m0/s1. The summed E-state index contributed by atoms with van der Waals surface area (Å²) in [7, 11) is 0. The molecule has 0 bridgehead atoms. The Kier molecular flexibility index (Phi) is 5.11. The monoisotopic (exact) mass is 407 g/mol. The predicted molar refractivity (Wildman–Crippen MR) is 114 cm³/mol. The van der Waals surface area contributed by atoms with Gasteiger partial charge in [-0.2, -0.15) is 0 Å². The molecule has 0 saturated carbocycles. The number of carbonyl (C=O) groups is 2. The van der Waals surface area contributed by atoms with Crippen LogP contribution >= 0.6 is 11.3 Å². The highest BCUT2D eigenvalue weighted by Crippen LogP contribution is 2.42. The molecule has 1 aromatic heterocycles. The van der Waals surface area contributed by atoms with Gasteiger partial charge in [0.1, 0.15) is 17.2 Å². The van der Waals surface area contributed by atoms with Crippen molar-refractivity contribution in [2.75, 3.05) is 5.32 Å². The van der Waals surface area contributed by atoms with Gasteiger partial charge in [-0.1, -0.05) is 24.3 Å². The molecule has 6 heteroatoms. The zero-order valence-electron chi connectivity index (χ0n) is 16.4. The summed E-state index contributed by atoms with van der Waals surface area (Å²) in [6.07, 6.45) is -0.912. The molecule has 1 N–H and O–H groups in total. The van der Waals surface area contributed by atoms with Crippen molar-refractivity contribution in [3.8, 4) is 16.2 Å². The number of thiophene rings is 1. The molecule has 4 rings (SSSR count). The van der Waals surface area contributed by atoms with Crippen molar-refractivity contribution >= 4 is 28.9 Å². The predicted octanol–water partition coefficient (Wildman–Crippen LogP) is 5.11. The largest absolute Gasteiger partial charge is 0.488 e. The van der Waals surface area contributed by atoms with Crippen LogP contribution < -0.4 is 10.1 Å².